The standard InChI is InChI=1S/C16H26N4O/c1-13(12-20-9-5-4-6-10-20)18-14-7-8-17-15(11-14)16(21)19(2)3/h7-8,11,13H,4-6,9-10,12H2,1-3H3,(H,17,18). The number of nitrogens with zero attached hydrogens (tertiary/aromatic N) is 3. The molecule has 1 aliphatic rings. The Morgan fingerprint density at radius 3 is 2.76 bits per heavy atom. The lowest BCUT2D eigenvalue weighted by Crippen LogP contribution is -2.38. The van der Waals surface area contributed by atoms with Gasteiger partial charge in [0.05, 0.1) is 0 Å². The summed E-state index contributed by atoms with van der Waals surface area (Å²) in [6, 6.07) is 4.10. The van der Waals surface area contributed by atoms with Crippen molar-refractivity contribution >= 4 is 11.6 Å². The van der Waals surface area contributed by atoms with Crippen LogP contribution < -0.4 is 5.32 Å². The molecule has 5 heteroatoms. The molecule has 1 amide bonds. The highest BCUT2D eigenvalue weighted by Crippen LogP contribution is 2.13. The van der Waals surface area contributed by atoms with Crippen LogP contribution in [-0.4, -0.2) is 60.5 Å². The molecule has 0 saturated carbocycles. The molecule has 1 unspecified atom stereocenters. The lowest BCUT2D eigenvalue weighted by Gasteiger charge is -2.29. The third-order valence-electron chi connectivity index (χ3n) is 3.78. The summed E-state index contributed by atoms with van der Waals surface area (Å²) >= 11 is 0. The van der Waals surface area contributed by atoms with Gasteiger partial charge in [-0.15, -0.1) is 0 Å². The third-order valence-corrected chi connectivity index (χ3v) is 3.78. The lowest BCUT2D eigenvalue weighted by atomic mass is 10.1. The fraction of sp³-hybridized carbons (Fsp3) is 0.625. The van der Waals surface area contributed by atoms with Gasteiger partial charge in [0.25, 0.3) is 5.91 Å². The third kappa shape index (κ3) is 4.70. The van der Waals surface area contributed by atoms with Crippen molar-refractivity contribution in [3.05, 3.63) is 24.0 Å². The minimum absolute atomic E-state index is 0.0673. The smallest absolute Gasteiger partial charge is 0.272 e. The molecule has 1 aromatic heterocycles. The quantitative estimate of drug-likeness (QED) is 0.902. The van der Waals surface area contributed by atoms with E-state index in [2.05, 4.69) is 22.1 Å². The van der Waals surface area contributed by atoms with E-state index in [0.717, 1.165) is 12.2 Å². The molecule has 1 N–H and O–H groups in total. The van der Waals surface area contributed by atoms with Crippen molar-refractivity contribution in [1.82, 2.24) is 14.8 Å². The number of pyridine rings is 1. The van der Waals surface area contributed by atoms with Crippen LogP contribution in [0.1, 0.15) is 36.7 Å². The maximum atomic E-state index is 11.9. The molecule has 1 atom stereocenters. The highest BCUT2D eigenvalue weighted by molar-refractivity contribution is 5.92. The predicted octanol–water partition coefficient (Wildman–Crippen LogP) is 2.07. The van der Waals surface area contributed by atoms with E-state index in [-0.39, 0.29) is 5.91 Å². The summed E-state index contributed by atoms with van der Waals surface area (Å²) in [6.45, 7) is 5.63. The number of amides is 1. The van der Waals surface area contributed by atoms with E-state index in [4.69, 9.17) is 0 Å². The maximum Gasteiger partial charge on any atom is 0.272 e. The second kappa shape index (κ2) is 7.41. The van der Waals surface area contributed by atoms with E-state index >= 15 is 0 Å². The van der Waals surface area contributed by atoms with Gasteiger partial charge in [-0.3, -0.25) is 9.78 Å². The van der Waals surface area contributed by atoms with Crippen LogP contribution in [0.15, 0.2) is 18.3 Å². The fourth-order valence-corrected chi connectivity index (χ4v) is 2.73. The van der Waals surface area contributed by atoms with Gasteiger partial charge in [-0.05, 0) is 45.0 Å². The molecule has 2 heterocycles. The Balaban J connectivity index is 1.92. The zero-order valence-electron chi connectivity index (χ0n) is 13.3. The van der Waals surface area contributed by atoms with Crippen LogP contribution in [0.5, 0.6) is 0 Å². The number of carbonyl (C=O) groups is 1. The molecular formula is C16H26N4O. The molecule has 0 radical (unpaired) electrons. The number of rotatable bonds is 5. The second-order valence-corrected chi connectivity index (χ2v) is 6.04. The topological polar surface area (TPSA) is 48.5 Å². The summed E-state index contributed by atoms with van der Waals surface area (Å²) in [7, 11) is 3.48. The molecule has 0 bridgehead atoms. The number of aromatic nitrogens is 1. The van der Waals surface area contributed by atoms with Crippen LogP contribution in [0.25, 0.3) is 0 Å². The van der Waals surface area contributed by atoms with Gasteiger partial charge in [-0.25, -0.2) is 0 Å². The highest BCUT2D eigenvalue weighted by Gasteiger charge is 2.14. The van der Waals surface area contributed by atoms with Gasteiger partial charge in [-0.2, -0.15) is 0 Å². The number of likely N-dealkylation sites (tertiary alicyclic amines) is 1. The first kappa shape index (κ1) is 15.8. The first-order valence-electron chi connectivity index (χ1n) is 7.73. The molecule has 5 nitrogen and oxygen atoms in total. The average Bonchev–Trinajstić information content (AvgIpc) is 2.47. The van der Waals surface area contributed by atoms with E-state index in [0.29, 0.717) is 11.7 Å². The first-order chi connectivity index (χ1) is 10.1. The molecule has 116 valence electrons. The summed E-state index contributed by atoms with van der Waals surface area (Å²) in [5, 5.41) is 3.47. The van der Waals surface area contributed by atoms with Gasteiger partial charge in [0, 0.05) is 38.6 Å². The Kier molecular flexibility index (Phi) is 5.56. The molecular weight excluding hydrogens is 264 g/mol. The molecule has 21 heavy (non-hydrogen) atoms. The minimum atomic E-state index is -0.0673. The fourth-order valence-electron chi connectivity index (χ4n) is 2.73. The van der Waals surface area contributed by atoms with Gasteiger partial charge in [0.15, 0.2) is 0 Å². The Bertz CT molecular complexity index is 469. The van der Waals surface area contributed by atoms with Gasteiger partial charge in [-0.1, -0.05) is 6.42 Å². The van der Waals surface area contributed by atoms with Crippen molar-refractivity contribution < 1.29 is 4.79 Å². The molecule has 1 aliphatic heterocycles. The summed E-state index contributed by atoms with van der Waals surface area (Å²) in [5.74, 6) is -0.0673. The average molecular weight is 290 g/mol. The minimum Gasteiger partial charge on any atom is -0.381 e. The van der Waals surface area contributed by atoms with Crippen LogP contribution in [-0.2, 0) is 0 Å². The Morgan fingerprint density at radius 1 is 1.38 bits per heavy atom. The van der Waals surface area contributed by atoms with Gasteiger partial charge >= 0.3 is 0 Å². The van der Waals surface area contributed by atoms with E-state index in [1.165, 1.54) is 32.4 Å². The monoisotopic (exact) mass is 290 g/mol. The normalized spacial score (nSPS) is 17.3. The van der Waals surface area contributed by atoms with E-state index in [1.807, 2.05) is 12.1 Å². The molecule has 1 saturated heterocycles. The van der Waals surface area contributed by atoms with Crippen molar-refractivity contribution in [1.29, 1.82) is 0 Å². The van der Waals surface area contributed by atoms with Crippen molar-refractivity contribution in [2.24, 2.45) is 0 Å². The van der Waals surface area contributed by atoms with Gasteiger partial charge < -0.3 is 15.1 Å². The number of anilines is 1. The van der Waals surface area contributed by atoms with Crippen LogP contribution in [0, 0.1) is 0 Å². The van der Waals surface area contributed by atoms with Crippen molar-refractivity contribution in [2.45, 2.75) is 32.2 Å². The van der Waals surface area contributed by atoms with E-state index in [1.54, 1.807) is 25.2 Å². The van der Waals surface area contributed by atoms with Crippen LogP contribution >= 0.6 is 0 Å². The van der Waals surface area contributed by atoms with Crippen molar-refractivity contribution in [3.63, 3.8) is 0 Å². The summed E-state index contributed by atoms with van der Waals surface area (Å²) < 4.78 is 0. The molecule has 2 rings (SSSR count). The largest absolute Gasteiger partial charge is 0.381 e. The van der Waals surface area contributed by atoms with Crippen LogP contribution in [0.3, 0.4) is 0 Å². The summed E-state index contributed by atoms with van der Waals surface area (Å²) in [5.41, 5.74) is 1.44. The SMILES string of the molecule is CC(CN1CCCCC1)Nc1ccnc(C(=O)N(C)C)c1. The molecule has 1 fully saturated rings. The Morgan fingerprint density at radius 2 is 2.10 bits per heavy atom. The van der Waals surface area contributed by atoms with Crippen LogP contribution in [0.2, 0.25) is 0 Å². The Hall–Kier alpha value is -1.62. The second-order valence-electron chi connectivity index (χ2n) is 6.04. The Labute approximate surface area is 127 Å². The molecule has 0 aliphatic carbocycles. The zero-order valence-corrected chi connectivity index (χ0v) is 13.3. The highest BCUT2D eigenvalue weighted by atomic mass is 16.2. The van der Waals surface area contributed by atoms with Crippen molar-refractivity contribution in [3.8, 4) is 0 Å². The zero-order chi connectivity index (χ0) is 15.2. The van der Waals surface area contributed by atoms with E-state index < -0.39 is 0 Å². The van der Waals surface area contributed by atoms with E-state index in [9.17, 15) is 4.79 Å². The number of carbonyl (C=O) groups excluding carboxylic acids is 1. The van der Waals surface area contributed by atoms with Crippen molar-refractivity contribution in [2.75, 3.05) is 39.0 Å². The number of nitrogens with one attached hydrogen (secondary N) is 1. The summed E-state index contributed by atoms with van der Waals surface area (Å²) in [6.07, 6.45) is 5.66. The van der Waals surface area contributed by atoms with Crippen LogP contribution in [0.4, 0.5) is 5.69 Å². The lowest BCUT2D eigenvalue weighted by molar-refractivity contribution is 0.0822. The first-order valence-corrected chi connectivity index (χ1v) is 7.73. The molecule has 0 spiro atoms. The maximum absolute atomic E-state index is 11.9. The molecule has 0 aromatic carbocycles. The van der Waals surface area contributed by atoms with Gasteiger partial charge in [0.1, 0.15) is 5.69 Å². The number of piperidine rings is 1. The molecule has 1 aromatic rings. The predicted molar refractivity (Wildman–Crippen MR) is 85.6 cm³/mol. The summed E-state index contributed by atoms with van der Waals surface area (Å²) in [4.78, 5) is 20.1. The number of hydrogen-bond acceptors (Lipinski definition) is 4. The van der Waals surface area contributed by atoms with Gasteiger partial charge in [0.2, 0.25) is 0 Å². The number of hydrogen-bond donors (Lipinski definition) is 1.